The molecule has 1 aromatic rings. The molecule has 0 aliphatic carbocycles. The van der Waals surface area contributed by atoms with Gasteiger partial charge in [-0.05, 0) is 54.0 Å². The molecule has 0 fully saturated rings. The molecule has 0 radical (unpaired) electrons. The highest BCUT2D eigenvalue weighted by Gasteiger charge is 2.17. The van der Waals surface area contributed by atoms with Gasteiger partial charge in [-0.1, -0.05) is 66.4 Å². The number of ether oxygens (including phenoxy) is 1. The summed E-state index contributed by atoms with van der Waals surface area (Å²) < 4.78 is 6.26. The highest BCUT2D eigenvalue weighted by molar-refractivity contribution is 5.83. The summed E-state index contributed by atoms with van der Waals surface area (Å²) in [6.45, 7) is 13.8. The number of hydrogen-bond acceptors (Lipinski definition) is 2. The molecule has 1 rings (SSSR count). The number of allylic oxidation sites excluding steroid dienone is 2. The van der Waals surface area contributed by atoms with Gasteiger partial charge in [-0.25, -0.2) is 0 Å². The van der Waals surface area contributed by atoms with Gasteiger partial charge in [-0.3, -0.25) is 4.79 Å². The Hall–Kier alpha value is -1.57. The minimum Gasteiger partial charge on any atom is -0.493 e. The summed E-state index contributed by atoms with van der Waals surface area (Å²) in [7, 11) is 0. The first-order valence-electron chi connectivity index (χ1n) is 9.85. The first-order chi connectivity index (χ1) is 11.9. The quantitative estimate of drug-likeness (QED) is 0.248. The Morgan fingerprint density at radius 3 is 2.28 bits per heavy atom. The van der Waals surface area contributed by atoms with Crippen LogP contribution < -0.4 is 4.74 Å². The first-order valence-corrected chi connectivity index (χ1v) is 9.85. The summed E-state index contributed by atoms with van der Waals surface area (Å²) in [5.74, 6) is 1.80. The van der Waals surface area contributed by atoms with Crippen LogP contribution >= 0.6 is 0 Å². The van der Waals surface area contributed by atoms with Gasteiger partial charge in [0.1, 0.15) is 12.0 Å². The summed E-state index contributed by atoms with van der Waals surface area (Å²) >= 11 is 0. The second-order valence-corrected chi connectivity index (χ2v) is 7.54. The van der Waals surface area contributed by atoms with Gasteiger partial charge in [0.25, 0.3) is 0 Å². The molecule has 0 N–H and O–H groups in total. The average molecular weight is 345 g/mol. The number of benzene rings is 1. The minimum absolute atomic E-state index is 0.386. The zero-order valence-corrected chi connectivity index (χ0v) is 17.0. The van der Waals surface area contributed by atoms with E-state index in [4.69, 9.17) is 4.74 Å². The van der Waals surface area contributed by atoms with Crippen molar-refractivity contribution in [2.45, 2.75) is 85.5 Å². The fourth-order valence-electron chi connectivity index (χ4n) is 2.96. The second kappa shape index (κ2) is 11.1. The SMILES string of the molecule is CCCCCCCOc1c(/C(C)=C\C=O)cc(C(C)C)cc1C(C)C. The molecule has 0 atom stereocenters. The molecule has 0 aliphatic rings. The second-order valence-electron chi connectivity index (χ2n) is 7.54. The van der Waals surface area contributed by atoms with Crippen molar-refractivity contribution in [3.05, 3.63) is 34.9 Å². The number of unbranched alkanes of at least 4 members (excludes halogenated alkanes) is 4. The van der Waals surface area contributed by atoms with Gasteiger partial charge >= 0.3 is 0 Å². The van der Waals surface area contributed by atoms with Crippen molar-refractivity contribution in [2.24, 2.45) is 0 Å². The van der Waals surface area contributed by atoms with Crippen molar-refractivity contribution < 1.29 is 9.53 Å². The highest BCUT2D eigenvalue weighted by Crippen LogP contribution is 2.37. The van der Waals surface area contributed by atoms with Gasteiger partial charge in [0.15, 0.2) is 0 Å². The molecule has 0 spiro atoms. The average Bonchev–Trinajstić information content (AvgIpc) is 2.57. The molecule has 2 nitrogen and oxygen atoms in total. The Morgan fingerprint density at radius 2 is 1.72 bits per heavy atom. The zero-order valence-electron chi connectivity index (χ0n) is 17.0. The van der Waals surface area contributed by atoms with E-state index in [1.54, 1.807) is 6.08 Å². The molecule has 0 amide bonds. The van der Waals surface area contributed by atoms with Gasteiger partial charge in [0, 0.05) is 5.56 Å². The smallest absolute Gasteiger partial charge is 0.143 e. The number of aldehydes is 1. The molecule has 0 bridgehead atoms. The van der Waals surface area contributed by atoms with Crippen molar-refractivity contribution in [1.82, 2.24) is 0 Å². The topological polar surface area (TPSA) is 26.3 Å². The lowest BCUT2D eigenvalue weighted by molar-refractivity contribution is -0.104. The summed E-state index contributed by atoms with van der Waals surface area (Å²) in [4.78, 5) is 11.0. The van der Waals surface area contributed by atoms with Crippen LogP contribution in [0.15, 0.2) is 18.2 Å². The molecule has 0 aromatic heterocycles. The predicted octanol–water partition coefficient (Wildman–Crippen LogP) is 6.88. The van der Waals surface area contributed by atoms with E-state index in [9.17, 15) is 4.79 Å². The van der Waals surface area contributed by atoms with E-state index in [0.29, 0.717) is 11.8 Å². The zero-order chi connectivity index (χ0) is 18.8. The summed E-state index contributed by atoms with van der Waals surface area (Å²) in [5.41, 5.74) is 4.58. The lowest BCUT2D eigenvalue weighted by Crippen LogP contribution is -2.06. The lowest BCUT2D eigenvalue weighted by Gasteiger charge is -2.21. The molecule has 1 aromatic carbocycles. The third kappa shape index (κ3) is 6.68. The van der Waals surface area contributed by atoms with Crippen molar-refractivity contribution in [3.8, 4) is 5.75 Å². The standard InChI is InChI=1S/C23H36O2/c1-7-8-9-10-11-14-25-23-21(18(4)5)15-20(17(2)3)16-22(23)19(6)12-13-24/h12-13,15-18H,7-11,14H2,1-6H3/b19-12-. The maximum absolute atomic E-state index is 11.0. The van der Waals surface area contributed by atoms with Gasteiger partial charge in [0.05, 0.1) is 6.61 Å². The van der Waals surface area contributed by atoms with Crippen LogP contribution in [0.4, 0.5) is 0 Å². The monoisotopic (exact) mass is 344 g/mol. The number of carbonyl (C=O) groups excluding carboxylic acids is 1. The van der Waals surface area contributed by atoms with E-state index in [-0.39, 0.29) is 0 Å². The largest absolute Gasteiger partial charge is 0.493 e. The van der Waals surface area contributed by atoms with Crippen LogP contribution in [0.5, 0.6) is 5.75 Å². The Bertz CT molecular complexity index is 568. The van der Waals surface area contributed by atoms with Crippen LogP contribution in [-0.2, 0) is 4.79 Å². The van der Waals surface area contributed by atoms with Crippen LogP contribution in [0, 0.1) is 0 Å². The van der Waals surface area contributed by atoms with Gasteiger partial charge in [-0.2, -0.15) is 0 Å². The number of carbonyl (C=O) groups is 1. The molecular weight excluding hydrogens is 308 g/mol. The van der Waals surface area contributed by atoms with E-state index in [2.05, 4.69) is 46.8 Å². The molecule has 0 heterocycles. The van der Waals surface area contributed by atoms with Gasteiger partial charge in [-0.15, -0.1) is 0 Å². The Labute approximate surface area is 154 Å². The normalized spacial score (nSPS) is 12.1. The van der Waals surface area contributed by atoms with Gasteiger partial charge < -0.3 is 4.74 Å². The van der Waals surface area contributed by atoms with E-state index < -0.39 is 0 Å². The maximum atomic E-state index is 11.0. The predicted molar refractivity (Wildman–Crippen MR) is 109 cm³/mol. The van der Waals surface area contributed by atoms with Crippen molar-refractivity contribution in [2.75, 3.05) is 6.61 Å². The van der Waals surface area contributed by atoms with Crippen LogP contribution in [-0.4, -0.2) is 12.9 Å². The van der Waals surface area contributed by atoms with Crippen LogP contribution in [0.2, 0.25) is 0 Å². The molecule has 0 saturated carbocycles. The van der Waals surface area contributed by atoms with Crippen molar-refractivity contribution in [1.29, 1.82) is 0 Å². The number of rotatable bonds is 11. The fourth-order valence-corrected chi connectivity index (χ4v) is 2.96. The fraction of sp³-hybridized carbons (Fsp3) is 0.609. The van der Waals surface area contributed by atoms with Gasteiger partial charge in [0.2, 0.25) is 0 Å². The Balaban J connectivity index is 3.12. The Kier molecular flexibility index (Phi) is 9.55. The van der Waals surface area contributed by atoms with Crippen LogP contribution in [0.3, 0.4) is 0 Å². The molecule has 140 valence electrons. The summed E-state index contributed by atoms with van der Waals surface area (Å²) in [6, 6.07) is 4.47. The lowest BCUT2D eigenvalue weighted by atomic mass is 9.89. The maximum Gasteiger partial charge on any atom is 0.143 e. The van der Waals surface area contributed by atoms with E-state index >= 15 is 0 Å². The summed E-state index contributed by atoms with van der Waals surface area (Å²) in [5, 5.41) is 0. The third-order valence-electron chi connectivity index (χ3n) is 4.67. The molecule has 25 heavy (non-hydrogen) atoms. The van der Waals surface area contributed by atoms with Crippen molar-refractivity contribution >= 4 is 11.9 Å². The van der Waals surface area contributed by atoms with Crippen molar-refractivity contribution in [3.63, 3.8) is 0 Å². The minimum atomic E-state index is 0.386. The van der Waals surface area contributed by atoms with E-state index in [1.165, 1.54) is 36.8 Å². The van der Waals surface area contributed by atoms with Crippen LogP contribution in [0.1, 0.15) is 102 Å². The first kappa shape index (κ1) is 21.5. The Morgan fingerprint density at radius 1 is 1.04 bits per heavy atom. The van der Waals surface area contributed by atoms with E-state index in [1.807, 2.05) is 6.92 Å². The molecule has 0 saturated heterocycles. The third-order valence-corrected chi connectivity index (χ3v) is 4.67. The molecule has 2 heteroatoms. The molecule has 0 aliphatic heterocycles. The van der Waals surface area contributed by atoms with E-state index in [0.717, 1.165) is 36.2 Å². The molecular formula is C23H36O2. The summed E-state index contributed by atoms with van der Waals surface area (Å²) in [6.07, 6.45) is 8.63. The van der Waals surface area contributed by atoms with Crippen LogP contribution in [0.25, 0.3) is 5.57 Å². The number of hydrogen-bond donors (Lipinski definition) is 0. The molecule has 0 unspecified atom stereocenters. The highest BCUT2D eigenvalue weighted by atomic mass is 16.5.